The van der Waals surface area contributed by atoms with Gasteiger partial charge in [-0.1, -0.05) is 23.4 Å². The number of nitrogens with zero attached hydrogens (tertiary/aromatic N) is 3. The Morgan fingerprint density at radius 3 is 2.77 bits per heavy atom. The summed E-state index contributed by atoms with van der Waals surface area (Å²) in [4.78, 5) is 13.1. The molecule has 4 aromatic rings. The number of amides is 1. The van der Waals surface area contributed by atoms with Crippen molar-refractivity contribution in [2.75, 3.05) is 12.4 Å². The zero-order valence-corrected chi connectivity index (χ0v) is 16.7. The molecule has 1 N–H and O–H groups in total. The molecule has 7 nitrogen and oxygen atoms in total. The van der Waals surface area contributed by atoms with Crippen LogP contribution in [0.25, 0.3) is 17.0 Å². The van der Waals surface area contributed by atoms with E-state index in [0.29, 0.717) is 23.7 Å². The van der Waals surface area contributed by atoms with E-state index in [1.165, 1.54) is 0 Å². The first-order chi connectivity index (χ1) is 14.6. The molecule has 7 heteroatoms. The van der Waals surface area contributed by atoms with Crippen LogP contribution < -0.4 is 10.1 Å². The number of nitrogens with one attached hydrogen (secondary N) is 1. The molecule has 150 valence electrons. The molecule has 0 bridgehead atoms. The highest BCUT2D eigenvalue weighted by molar-refractivity contribution is 6.04. The minimum atomic E-state index is -0.311. The average Bonchev–Trinajstić information content (AvgIpc) is 3.37. The lowest BCUT2D eigenvalue weighted by atomic mass is 9.89. The third-order valence-corrected chi connectivity index (χ3v) is 5.28. The Morgan fingerprint density at radius 1 is 1.13 bits per heavy atom. The van der Waals surface area contributed by atoms with Crippen LogP contribution in [0.1, 0.15) is 27.3 Å². The highest BCUT2D eigenvalue weighted by Crippen LogP contribution is 2.37. The predicted octanol–water partition coefficient (Wildman–Crippen LogP) is 4.20. The lowest BCUT2D eigenvalue weighted by molar-refractivity contribution is 0.101. The molecule has 0 radical (unpaired) electrons. The molecule has 2 aromatic carbocycles. The lowest BCUT2D eigenvalue weighted by Crippen LogP contribution is -2.18. The van der Waals surface area contributed by atoms with Crippen LogP contribution in [0.4, 0.5) is 5.82 Å². The van der Waals surface area contributed by atoms with Crippen molar-refractivity contribution in [3.05, 3.63) is 77.1 Å². The number of carbonyl (C=O) groups is 1. The summed E-state index contributed by atoms with van der Waals surface area (Å²) in [6.45, 7) is 1.89. The molecule has 0 atom stereocenters. The van der Waals surface area contributed by atoms with Crippen LogP contribution in [0.3, 0.4) is 0 Å². The van der Waals surface area contributed by atoms with Crippen molar-refractivity contribution >= 4 is 11.7 Å². The normalized spacial score (nSPS) is 12.2. The third-order valence-electron chi connectivity index (χ3n) is 5.28. The molecule has 5 rings (SSSR count). The van der Waals surface area contributed by atoms with Crippen molar-refractivity contribution in [2.45, 2.75) is 19.8 Å². The number of anilines is 1. The minimum Gasteiger partial charge on any atom is -0.497 e. The number of hydrogen-bond acceptors (Lipinski definition) is 5. The molecule has 0 unspecified atom stereocenters. The first-order valence-corrected chi connectivity index (χ1v) is 9.73. The van der Waals surface area contributed by atoms with Gasteiger partial charge in [0.05, 0.1) is 18.5 Å². The van der Waals surface area contributed by atoms with Gasteiger partial charge in [-0.2, -0.15) is 5.10 Å². The maximum absolute atomic E-state index is 13.1. The van der Waals surface area contributed by atoms with Crippen molar-refractivity contribution in [2.24, 2.45) is 0 Å². The number of benzene rings is 2. The zero-order chi connectivity index (χ0) is 20.7. The number of aryl methyl sites for hydroxylation is 2. The van der Waals surface area contributed by atoms with Gasteiger partial charge in [0.2, 0.25) is 0 Å². The van der Waals surface area contributed by atoms with Crippen LogP contribution in [0.2, 0.25) is 0 Å². The number of hydrogen-bond donors (Lipinski definition) is 1. The van der Waals surface area contributed by atoms with Gasteiger partial charge in [-0.15, -0.1) is 0 Å². The number of rotatable bonds is 4. The Hall–Kier alpha value is -3.87. The smallest absolute Gasteiger partial charge is 0.279 e. The van der Waals surface area contributed by atoms with Crippen LogP contribution in [0.5, 0.6) is 5.75 Å². The summed E-state index contributed by atoms with van der Waals surface area (Å²) >= 11 is 0. The van der Waals surface area contributed by atoms with Crippen molar-refractivity contribution in [3.63, 3.8) is 0 Å². The van der Waals surface area contributed by atoms with Gasteiger partial charge >= 0.3 is 0 Å². The molecular weight excluding hydrogens is 380 g/mol. The quantitative estimate of drug-likeness (QED) is 0.555. The average molecular weight is 400 g/mol. The van der Waals surface area contributed by atoms with E-state index in [1.807, 2.05) is 61.5 Å². The van der Waals surface area contributed by atoms with Crippen LogP contribution in [-0.4, -0.2) is 28.0 Å². The number of fused-ring (bicyclic) bond motifs is 3. The highest BCUT2D eigenvalue weighted by Gasteiger charge is 2.28. The monoisotopic (exact) mass is 400 g/mol. The van der Waals surface area contributed by atoms with Gasteiger partial charge in [0.15, 0.2) is 11.5 Å². The minimum absolute atomic E-state index is 0.310. The fourth-order valence-corrected chi connectivity index (χ4v) is 3.85. The van der Waals surface area contributed by atoms with E-state index in [2.05, 4.69) is 15.6 Å². The van der Waals surface area contributed by atoms with Gasteiger partial charge in [0.1, 0.15) is 11.6 Å². The van der Waals surface area contributed by atoms with Gasteiger partial charge < -0.3 is 14.6 Å². The van der Waals surface area contributed by atoms with Crippen molar-refractivity contribution in [1.82, 2.24) is 14.9 Å². The van der Waals surface area contributed by atoms with Crippen molar-refractivity contribution < 1.29 is 14.1 Å². The number of carbonyl (C=O) groups excluding carboxylic acids is 1. The molecule has 0 saturated heterocycles. The summed E-state index contributed by atoms with van der Waals surface area (Å²) in [5, 5.41) is 11.5. The molecule has 0 aliphatic heterocycles. The Bertz CT molecular complexity index is 1240. The molecule has 1 amide bonds. The molecule has 2 heterocycles. The number of ether oxygens (including phenoxy) is 1. The van der Waals surface area contributed by atoms with Crippen LogP contribution >= 0.6 is 0 Å². The molecule has 0 spiro atoms. The molecule has 1 aliphatic carbocycles. The van der Waals surface area contributed by atoms with Crippen molar-refractivity contribution in [3.8, 4) is 22.8 Å². The Labute approximate surface area is 173 Å². The predicted molar refractivity (Wildman–Crippen MR) is 112 cm³/mol. The van der Waals surface area contributed by atoms with Gasteiger partial charge in [-0.25, -0.2) is 4.68 Å². The van der Waals surface area contributed by atoms with Crippen LogP contribution in [0.15, 0.2) is 59.1 Å². The first kappa shape index (κ1) is 18.2. The van der Waals surface area contributed by atoms with E-state index in [9.17, 15) is 4.79 Å². The van der Waals surface area contributed by atoms with Crippen molar-refractivity contribution in [1.29, 1.82) is 0 Å². The molecule has 0 saturated carbocycles. The summed E-state index contributed by atoms with van der Waals surface area (Å²) in [6.07, 6.45) is 1.47. The van der Waals surface area contributed by atoms with E-state index in [0.717, 1.165) is 40.2 Å². The van der Waals surface area contributed by atoms with Gasteiger partial charge in [-0.05, 0) is 55.7 Å². The Morgan fingerprint density at radius 2 is 1.97 bits per heavy atom. The molecule has 2 aromatic heterocycles. The van der Waals surface area contributed by atoms with Gasteiger partial charge in [0, 0.05) is 17.2 Å². The lowest BCUT2D eigenvalue weighted by Gasteiger charge is -2.15. The molecule has 30 heavy (non-hydrogen) atoms. The number of methoxy groups -OCH3 is 1. The maximum atomic E-state index is 13.1. The van der Waals surface area contributed by atoms with Crippen LogP contribution in [0, 0.1) is 6.92 Å². The van der Waals surface area contributed by atoms with E-state index < -0.39 is 0 Å². The molecular formula is C23H20N4O3. The van der Waals surface area contributed by atoms with E-state index in [1.54, 1.807) is 11.8 Å². The second-order valence-electron chi connectivity index (χ2n) is 7.23. The Balaban J connectivity index is 1.47. The standard InChI is InChI=1S/C23H20N4O3/c1-14-12-20(27(25-14)16-6-4-3-5-7-16)24-23(28)21-19-10-8-15-13-17(29-2)9-11-18(15)22(19)30-26-21/h3-7,9,11-13H,8,10H2,1-2H3,(H,24,28). The summed E-state index contributed by atoms with van der Waals surface area (Å²) in [7, 11) is 1.65. The van der Waals surface area contributed by atoms with E-state index in [4.69, 9.17) is 9.26 Å². The van der Waals surface area contributed by atoms with E-state index >= 15 is 0 Å². The first-order valence-electron chi connectivity index (χ1n) is 9.73. The summed E-state index contributed by atoms with van der Waals surface area (Å²) in [5.74, 6) is 1.73. The largest absolute Gasteiger partial charge is 0.497 e. The molecule has 0 fully saturated rings. The number of para-hydroxylation sites is 1. The third kappa shape index (κ3) is 3.04. The number of aromatic nitrogens is 3. The zero-order valence-electron chi connectivity index (χ0n) is 16.7. The fraction of sp³-hybridized carbons (Fsp3) is 0.174. The van der Waals surface area contributed by atoms with Gasteiger partial charge in [-0.3, -0.25) is 4.79 Å². The SMILES string of the molecule is COc1ccc2c(c1)CCc1c(C(=O)Nc3cc(C)nn3-c3ccccc3)noc1-2. The summed E-state index contributed by atoms with van der Waals surface area (Å²) in [5.41, 5.74) is 4.89. The summed E-state index contributed by atoms with van der Waals surface area (Å²) in [6, 6.07) is 17.3. The van der Waals surface area contributed by atoms with Crippen LogP contribution in [-0.2, 0) is 12.8 Å². The Kier molecular flexibility index (Phi) is 4.35. The highest BCUT2D eigenvalue weighted by atomic mass is 16.5. The second-order valence-corrected chi connectivity index (χ2v) is 7.23. The topological polar surface area (TPSA) is 82.2 Å². The van der Waals surface area contributed by atoms with E-state index in [-0.39, 0.29) is 5.91 Å². The fourth-order valence-electron chi connectivity index (χ4n) is 3.85. The molecule has 1 aliphatic rings. The maximum Gasteiger partial charge on any atom is 0.279 e. The van der Waals surface area contributed by atoms with Gasteiger partial charge in [0.25, 0.3) is 5.91 Å². The second kappa shape index (κ2) is 7.18. The summed E-state index contributed by atoms with van der Waals surface area (Å²) < 4.78 is 12.6.